The molecule has 0 atom stereocenters. The number of nitrogens with one attached hydrogen (secondary N) is 1. The Morgan fingerprint density at radius 2 is 1.90 bits per heavy atom. The maximum absolute atomic E-state index is 10.9. The van der Waals surface area contributed by atoms with Gasteiger partial charge in [-0.25, -0.2) is 19.7 Å². The van der Waals surface area contributed by atoms with E-state index in [4.69, 9.17) is 26.7 Å². The van der Waals surface area contributed by atoms with Gasteiger partial charge in [0.25, 0.3) is 0 Å². The highest BCUT2D eigenvalue weighted by molar-refractivity contribution is 6.33. The van der Waals surface area contributed by atoms with Gasteiger partial charge in [-0.15, -0.1) is 0 Å². The van der Waals surface area contributed by atoms with E-state index in [1.807, 2.05) is 35.8 Å². The van der Waals surface area contributed by atoms with Gasteiger partial charge >= 0.3 is 6.09 Å². The number of likely N-dealkylation sites (N-methyl/N-ethyl adjacent to an activating group) is 1. The van der Waals surface area contributed by atoms with Crippen LogP contribution in [0.2, 0.25) is 5.02 Å². The van der Waals surface area contributed by atoms with Crippen LogP contribution in [0.3, 0.4) is 0 Å². The van der Waals surface area contributed by atoms with E-state index >= 15 is 0 Å². The molecule has 0 unspecified atom stereocenters. The second kappa shape index (κ2) is 8.45. The molecular weight excluding hydrogens is 406 g/mol. The van der Waals surface area contributed by atoms with Crippen LogP contribution in [0.15, 0.2) is 24.3 Å². The van der Waals surface area contributed by atoms with Crippen LogP contribution in [0.25, 0.3) is 22.6 Å². The SMILES string of the molecule is Cc1nc(N2CCN(C)CC2)c2nc(-c3ccccc3Cl)n(CCNC(=O)O)c2n1. The Labute approximate surface area is 179 Å². The lowest BCUT2D eigenvalue weighted by atomic mass is 10.2. The molecule has 3 aromatic rings. The number of aromatic nitrogens is 4. The minimum Gasteiger partial charge on any atom is -0.465 e. The van der Waals surface area contributed by atoms with Crippen LogP contribution >= 0.6 is 11.6 Å². The molecule has 3 heterocycles. The van der Waals surface area contributed by atoms with Crippen LogP contribution in [-0.4, -0.2) is 75.4 Å². The average molecular weight is 430 g/mol. The molecule has 9 nitrogen and oxygen atoms in total. The van der Waals surface area contributed by atoms with Crippen LogP contribution in [-0.2, 0) is 6.54 Å². The highest BCUT2D eigenvalue weighted by Gasteiger charge is 2.24. The predicted octanol–water partition coefficient (Wildman–Crippen LogP) is 2.47. The van der Waals surface area contributed by atoms with Crippen molar-refractivity contribution in [1.29, 1.82) is 0 Å². The normalized spacial score (nSPS) is 15.0. The maximum Gasteiger partial charge on any atom is 0.404 e. The second-order valence-electron chi connectivity index (χ2n) is 7.36. The summed E-state index contributed by atoms with van der Waals surface area (Å²) in [4.78, 5) is 29.7. The van der Waals surface area contributed by atoms with Gasteiger partial charge in [-0.1, -0.05) is 23.7 Å². The van der Waals surface area contributed by atoms with Gasteiger partial charge in [0, 0.05) is 44.8 Å². The number of piperazine rings is 1. The van der Waals surface area contributed by atoms with Crippen LogP contribution in [0.4, 0.5) is 10.6 Å². The minimum atomic E-state index is -1.07. The summed E-state index contributed by atoms with van der Waals surface area (Å²) in [6.45, 7) is 6.08. The van der Waals surface area contributed by atoms with Crippen molar-refractivity contribution < 1.29 is 9.90 Å². The summed E-state index contributed by atoms with van der Waals surface area (Å²) in [7, 11) is 2.11. The van der Waals surface area contributed by atoms with Crippen molar-refractivity contribution in [1.82, 2.24) is 29.7 Å². The summed E-state index contributed by atoms with van der Waals surface area (Å²) in [5.41, 5.74) is 2.16. The third-order valence-electron chi connectivity index (χ3n) is 5.22. The van der Waals surface area contributed by atoms with E-state index in [1.54, 1.807) is 0 Å². The number of carboxylic acid groups (broad SMARTS) is 1. The van der Waals surface area contributed by atoms with Crippen molar-refractivity contribution in [2.75, 3.05) is 44.7 Å². The number of benzene rings is 1. The third kappa shape index (κ3) is 4.03. The molecule has 0 aliphatic carbocycles. The summed E-state index contributed by atoms with van der Waals surface area (Å²) >= 11 is 6.46. The van der Waals surface area contributed by atoms with Gasteiger partial charge in [-0.05, 0) is 26.1 Å². The molecule has 0 saturated carbocycles. The number of carbonyl (C=O) groups is 1. The molecule has 10 heteroatoms. The lowest BCUT2D eigenvalue weighted by Gasteiger charge is -2.33. The first-order valence-corrected chi connectivity index (χ1v) is 10.2. The number of imidazole rings is 1. The number of hydrogen-bond acceptors (Lipinski definition) is 6. The molecule has 0 spiro atoms. The fraction of sp³-hybridized carbons (Fsp3) is 0.400. The Kier molecular flexibility index (Phi) is 5.74. The van der Waals surface area contributed by atoms with E-state index in [0.717, 1.165) is 37.6 Å². The van der Waals surface area contributed by atoms with Crippen LogP contribution in [0, 0.1) is 6.92 Å². The van der Waals surface area contributed by atoms with E-state index in [-0.39, 0.29) is 6.54 Å². The van der Waals surface area contributed by atoms with Crippen molar-refractivity contribution in [3.63, 3.8) is 0 Å². The number of nitrogens with zero attached hydrogens (tertiary/aromatic N) is 6. The topological polar surface area (TPSA) is 99.4 Å². The van der Waals surface area contributed by atoms with Gasteiger partial charge in [-0.2, -0.15) is 0 Å². The molecular formula is C20H24ClN7O2. The molecule has 0 bridgehead atoms. The number of halogens is 1. The maximum atomic E-state index is 10.9. The standard InChI is InChI=1S/C20H24ClN7O2/c1-13-23-18(27-11-9-26(2)10-12-27)16-19(24-13)28(8-7-22-20(29)30)17(25-16)14-5-3-4-6-15(14)21/h3-6,22H,7-12H2,1-2H3,(H,29,30). The molecule has 1 aromatic carbocycles. The lowest BCUT2D eigenvalue weighted by Crippen LogP contribution is -2.45. The van der Waals surface area contributed by atoms with E-state index in [1.165, 1.54) is 0 Å². The first kappa shape index (κ1) is 20.4. The van der Waals surface area contributed by atoms with Gasteiger partial charge in [0.2, 0.25) is 0 Å². The Balaban J connectivity index is 1.85. The summed E-state index contributed by atoms with van der Waals surface area (Å²) < 4.78 is 1.92. The first-order valence-electron chi connectivity index (χ1n) is 9.84. The first-order chi connectivity index (χ1) is 14.4. The van der Waals surface area contributed by atoms with Gasteiger partial charge in [0.05, 0.1) is 5.02 Å². The Hall–Kier alpha value is -2.91. The molecule has 1 aliphatic heterocycles. The number of hydrogen-bond donors (Lipinski definition) is 2. The van der Waals surface area contributed by atoms with Crippen LogP contribution in [0.1, 0.15) is 5.82 Å². The van der Waals surface area contributed by atoms with Gasteiger partial charge in [-0.3, -0.25) is 0 Å². The summed E-state index contributed by atoms with van der Waals surface area (Å²) in [6.07, 6.45) is -1.07. The number of rotatable bonds is 5. The largest absolute Gasteiger partial charge is 0.465 e. The zero-order valence-electron chi connectivity index (χ0n) is 17.0. The third-order valence-corrected chi connectivity index (χ3v) is 5.55. The van der Waals surface area contributed by atoms with E-state index in [9.17, 15) is 4.79 Å². The molecule has 1 fully saturated rings. The van der Waals surface area contributed by atoms with E-state index < -0.39 is 6.09 Å². The number of fused-ring (bicyclic) bond motifs is 1. The molecule has 0 radical (unpaired) electrons. The van der Waals surface area contributed by atoms with Crippen molar-refractivity contribution in [2.45, 2.75) is 13.5 Å². The van der Waals surface area contributed by atoms with Crippen molar-refractivity contribution >= 4 is 34.7 Å². The van der Waals surface area contributed by atoms with Crippen LogP contribution in [0.5, 0.6) is 0 Å². The summed E-state index contributed by atoms with van der Waals surface area (Å²) in [5.74, 6) is 2.11. The highest BCUT2D eigenvalue weighted by atomic mass is 35.5. The minimum absolute atomic E-state index is 0.227. The van der Waals surface area contributed by atoms with Crippen molar-refractivity contribution in [2.24, 2.45) is 0 Å². The summed E-state index contributed by atoms with van der Waals surface area (Å²) in [6, 6.07) is 7.48. The number of aryl methyl sites for hydroxylation is 1. The predicted molar refractivity (Wildman–Crippen MR) is 116 cm³/mol. The van der Waals surface area contributed by atoms with Crippen molar-refractivity contribution in [3.8, 4) is 11.4 Å². The molecule has 158 valence electrons. The lowest BCUT2D eigenvalue weighted by molar-refractivity contribution is 0.194. The fourth-order valence-corrected chi connectivity index (χ4v) is 3.89. The highest BCUT2D eigenvalue weighted by Crippen LogP contribution is 2.32. The smallest absolute Gasteiger partial charge is 0.404 e. The molecule has 1 aliphatic rings. The zero-order valence-corrected chi connectivity index (χ0v) is 17.7. The van der Waals surface area contributed by atoms with Crippen molar-refractivity contribution in [3.05, 3.63) is 35.1 Å². The van der Waals surface area contributed by atoms with Gasteiger partial charge in [0.1, 0.15) is 11.6 Å². The summed E-state index contributed by atoms with van der Waals surface area (Å²) in [5, 5.41) is 12.0. The molecule has 1 saturated heterocycles. The van der Waals surface area contributed by atoms with Gasteiger partial charge < -0.3 is 24.8 Å². The number of amides is 1. The molecule has 30 heavy (non-hydrogen) atoms. The van der Waals surface area contributed by atoms with E-state index in [0.29, 0.717) is 34.4 Å². The fourth-order valence-electron chi connectivity index (χ4n) is 3.67. The quantitative estimate of drug-likeness (QED) is 0.642. The van der Waals surface area contributed by atoms with Gasteiger partial charge in [0.15, 0.2) is 17.0 Å². The number of anilines is 1. The average Bonchev–Trinajstić information content (AvgIpc) is 3.06. The Morgan fingerprint density at radius 3 is 2.60 bits per heavy atom. The molecule has 2 aromatic heterocycles. The zero-order chi connectivity index (χ0) is 21.3. The molecule has 2 N–H and O–H groups in total. The van der Waals surface area contributed by atoms with E-state index in [2.05, 4.69) is 27.1 Å². The van der Waals surface area contributed by atoms with Crippen LogP contribution < -0.4 is 10.2 Å². The Bertz CT molecular complexity index is 1080. The molecule has 4 rings (SSSR count). The molecule has 1 amide bonds. The second-order valence-corrected chi connectivity index (χ2v) is 7.76. The Morgan fingerprint density at radius 1 is 1.17 bits per heavy atom. The monoisotopic (exact) mass is 429 g/mol.